The van der Waals surface area contributed by atoms with Crippen molar-refractivity contribution in [1.29, 1.82) is 0 Å². The van der Waals surface area contributed by atoms with Crippen LogP contribution in [0.3, 0.4) is 0 Å². The molecule has 1 aliphatic carbocycles. The molecule has 0 radical (unpaired) electrons. The quantitative estimate of drug-likeness (QED) is 0.531. The average molecular weight is 254 g/mol. The fourth-order valence-electron chi connectivity index (χ4n) is 2.16. The zero-order valence-corrected chi connectivity index (χ0v) is 11.0. The molecule has 96 valence electrons. The van der Waals surface area contributed by atoms with E-state index in [-0.39, 0.29) is 31.2 Å². The second-order valence-corrected chi connectivity index (χ2v) is 5.02. The molecule has 0 bridgehead atoms. The summed E-state index contributed by atoms with van der Waals surface area (Å²) in [7, 11) is 0. The SMILES string of the molecule is O=C([O-])CC1CN(c2ccnc(OC3CC3)c2)C1.[Li+]. The molecule has 0 unspecified atom stereocenters. The van der Waals surface area contributed by atoms with E-state index in [2.05, 4.69) is 9.88 Å². The predicted octanol–water partition coefficient (Wildman–Crippen LogP) is -2.80. The van der Waals surface area contributed by atoms with Crippen LogP contribution in [0.25, 0.3) is 0 Å². The van der Waals surface area contributed by atoms with Gasteiger partial charge in [0.2, 0.25) is 5.88 Å². The number of hydrogen-bond donors (Lipinski definition) is 0. The maximum atomic E-state index is 10.5. The van der Waals surface area contributed by atoms with Gasteiger partial charge in [0, 0.05) is 37.0 Å². The van der Waals surface area contributed by atoms with Crippen molar-refractivity contribution in [3.05, 3.63) is 18.3 Å². The first-order valence-corrected chi connectivity index (χ1v) is 6.28. The molecule has 1 aliphatic heterocycles. The van der Waals surface area contributed by atoms with Gasteiger partial charge < -0.3 is 19.5 Å². The van der Waals surface area contributed by atoms with E-state index in [1.165, 1.54) is 0 Å². The van der Waals surface area contributed by atoms with Crippen molar-refractivity contribution >= 4 is 11.7 Å². The van der Waals surface area contributed by atoms with Gasteiger partial charge in [-0.3, -0.25) is 0 Å². The Kier molecular flexibility index (Phi) is 4.38. The molecule has 0 atom stereocenters. The number of ether oxygens (including phenoxy) is 1. The summed E-state index contributed by atoms with van der Waals surface area (Å²) in [6.07, 6.45) is 4.45. The molecule has 1 saturated carbocycles. The first-order valence-electron chi connectivity index (χ1n) is 6.28. The summed E-state index contributed by atoms with van der Waals surface area (Å²) in [6.45, 7) is 1.53. The Hall–Kier alpha value is -1.18. The number of aliphatic carboxylic acids is 1. The van der Waals surface area contributed by atoms with Gasteiger partial charge in [-0.1, -0.05) is 0 Å². The summed E-state index contributed by atoms with van der Waals surface area (Å²) in [4.78, 5) is 16.8. The van der Waals surface area contributed by atoms with Gasteiger partial charge in [0.25, 0.3) is 0 Å². The summed E-state index contributed by atoms with van der Waals surface area (Å²) < 4.78 is 5.63. The number of carbonyl (C=O) groups excluding carboxylic acids is 1. The van der Waals surface area contributed by atoms with Crippen LogP contribution in [0.1, 0.15) is 19.3 Å². The topological polar surface area (TPSA) is 65.5 Å². The first kappa shape index (κ1) is 14.2. The van der Waals surface area contributed by atoms with Crippen LogP contribution in [0.15, 0.2) is 18.3 Å². The van der Waals surface area contributed by atoms with E-state index in [0.29, 0.717) is 12.0 Å². The molecule has 19 heavy (non-hydrogen) atoms. The zero-order chi connectivity index (χ0) is 12.5. The van der Waals surface area contributed by atoms with E-state index < -0.39 is 5.97 Å². The summed E-state index contributed by atoms with van der Waals surface area (Å²) in [5, 5.41) is 10.5. The Labute approximate surface area is 124 Å². The van der Waals surface area contributed by atoms with Crippen molar-refractivity contribution in [2.24, 2.45) is 5.92 Å². The minimum absolute atomic E-state index is 0. The number of pyridine rings is 1. The standard InChI is InChI=1S/C13H16N2O3.Li/c16-13(17)5-9-7-15(8-9)10-3-4-14-12(6-10)18-11-1-2-11;/h3-4,6,9,11H,1-2,5,7-8H2,(H,16,17);/q;+1/p-1. The number of carbonyl (C=O) groups is 1. The van der Waals surface area contributed by atoms with Crippen LogP contribution in [0.2, 0.25) is 0 Å². The average Bonchev–Trinajstić information content (AvgIpc) is 3.07. The van der Waals surface area contributed by atoms with E-state index in [1.807, 2.05) is 12.1 Å². The molecule has 0 N–H and O–H groups in total. The van der Waals surface area contributed by atoms with Gasteiger partial charge in [0.1, 0.15) is 6.10 Å². The minimum atomic E-state index is -0.966. The van der Waals surface area contributed by atoms with Crippen molar-refractivity contribution < 1.29 is 33.5 Å². The normalized spacial score (nSPS) is 18.4. The molecule has 1 aromatic heterocycles. The maximum Gasteiger partial charge on any atom is 1.00 e. The van der Waals surface area contributed by atoms with Crippen LogP contribution in [-0.4, -0.2) is 30.1 Å². The molecule has 2 fully saturated rings. The number of nitrogens with zero attached hydrogens (tertiary/aromatic N) is 2. The Morgan fingerprint density at radius 3 is 2.84 bits per heavy atom. The molecular weight excluding hydrogens is 239 g/mol. The molecule has 2 aliphatic rings. The first-order chi connectivity index (χ1) is 8.70. The number of anilines is 1. The predicted molar refractivity (Wildman–Crippen MR) is 63.2 cm³/mol. The Balaban J connectivity index is 0.00000133. The van der Waals surface area contributed by atoms with E-state index in [1.54, 1.807) is 6.20 Å². The smallest absolute Gasteiger partial charge is 0.550 e. The van der Waals surface area contributed by atoms with E-state index >= 15 is 0 Å². The number of aromatic nitrogens is 1. The van der Waals surface area contributed by atoms with Crippen LogP contribution in [0.5, 0.6) is 5.88 Å². The van der Waals surface area contributed by atoms with Crippen molar-refractivity contribution in [2.75, 3.05) is 18.0 Å². The number of carboxylic acid groups (broad SMARTS) is 1. The summed E-state index contributed by atoms with van der Waals surface area (Å²) >= 11 is 0. The van der Waals surface area contributed by atoms with E-state index in [0.717, 1.165) is 31.6 Å². The zero-order valence-electron chi connectivity index (χ0n) is 11.0. The molecule has 1 aromatic rings. The van der Waals surface area contributed by atoms with Crippen molar-refractivity contribution in [3.8, 4) is 5.88 Å². The van der Waals surface area contributed by atoms with Gasteiger partial charge in [0.05, 0.1) is 0 Å². The fraction of sp³-hybridized carbons (Fsp3) is 0.538. The van der Waals surface area contributed by atoms with Crippen molar-refractivity contribution in [1.82, 2.24) is 4.98 Å². The van der Waals surface area contributed by atoms with Crippen LogP contribution in [-0.2, 0) is 4.79 Å². The molecule has 2 heterocycles. The second-order valence-electron chi connectivity index (χ2n) is 5.02. The molecule has 0 amide bonds. The van der Waals surface area contributed by atoms with Crippen LogP contribution in [0, 0.1) is 5.92 Å². The van der Waals surface area contributed by atoms with E-state index in [9.17, 15) is 9.90 Å². The number of hydrogen-bond acceptors (Lipinski definition) is 5. The third-order valence-corrected chi connectivity index (χ3v) is 3.31. The summed E-state index contributed by atoms with van der Waals surface area (Å²) in [5.74, 6) is -0.0959. The summed E-state index contributed by atoms with van der Waals surface area (Å²) in [6, 6.07) is 3.85. The minimum Gasteiger partial charge on any atom is -0.550 e. The molecule has 5 nitrogen and oxygen atoms in total. The van der Waals surface area contributed by atoms with Crippen molar-refractivity contribution in [3.63, 3.8) is 0 Å². The molecule has 0 aromatic carbocycles. The second kappa shape index (κ2) is 5.85. The summed E-state index contributed by atoms with van der Waals surface area (Å²) in [5.41, 5.74) is 1.05. The fourth-order valence-corrected chi connectivity index (χ4v) is 2.16. The number of rotatable bonds is 5. The number of carboxylic acids is 1. The van der Waals surface area contributed by atoms with Crippen LogP contribution in [0.4, 0.5) is 5.69 Å². The van der Waals surface area contributed by atoms with Gasteiger partial charge in [-0.25, -0.2) is 4.98 Å². The van der Waals surface area contributed by atoms with Gasteiger partial charge in [-0.05, 0) is 31.2 Å². The van der Waals surface area contributed by atoms with Crippen molar-refractivity contribution in [2.45, 2.75) is 25.4 Å². The molecular formula is C13H15LiN2O3. The van der Waals surface area contributed by atoms with Gasteiger partial charge >= 0.3 is 18.9 Å². The monoisotopic (exact) mass is 254 g/mol. The van der Waals surface area contributed by atoms with Crippen LogP contribution >= 0.6 is 0 Å². The Morgan fingerprint density at radius 2 is 2.21 bits per heavy atom. The van der Waals surface area contributed by atoms with Crippen LogP contribution < -0.4 is 33.6 Å². The Bertz CT molecular complexity index is 459. The third kappa shape index (κ3) is 3.65. The molecule has 6 heteroatoms. The largest absolute Gasteiger partial charge is 1.00 e. The Morgan fingerprint density at radius 1 is 1.47 bits per heavy atom. The van der Waals surface area contributed by atoms with Gasteiger partial charge in [-0.15, -0.1) is 0 Å². The van der Waals surface area contributed by atoms with Gasteiger partial charge in [-0.2, -0.15) is 0 Å². The maximum absolute atomic E-state index is 10.5. The molecule has 3 rings (SSSR count). The third-order valence-electron chi connectivity index (χ3n) is 3.31. The molecule has 1 saturated heterocycles. The van der Waals surface area contributed by atoms with Gasteiger partial charge in [0.15, 0.2) is 0 Å². The molecule has 0 spiro atoms. The van der Waals surface area contributed by atoms with E-state index in [4.69, 9.17) is 4.74 Å².